The van der Waals surface area contributed by atoms with Crippen molar-refractivity contribution in [1.82, 2.24) is 0 Å². The van der Waals surface area contributed by atoms with E-state index in [4.69, 9.17) is 5.11 Å². The number of aliphatic carboxylic acids is 1. The Morgan fingerprint density at radius 3 is 2.33 bits per heavy atom. The molecule has 2 aromatic rings. The predicted octanol–water partition coefficient (Wildman–Crippen LogP) is 3.75. The van der Waals surface area contributed by atoms with E-state index in [1.807, 2.05) is 0 Å². The van der Waals surface area contributed by atoms with E-state index in [0.29, 0.717) is 6.07 Å². The maximum Gasteiger partial charge on any atom is 0.307 e. The van der Waals surface area contributed by atoms with Crippen LogP contribution in [0.15, 0.2) is 36.4 Å². The van der Waals surface area contributed by atoms with Gasteiger partial charge < -0.3 is 5.11 Å². The normalized spacial score (nSPS) is 10.5. The summed E-state index contributed by atoms with van der Waals surface area (Å²) in [7, 11) is 0. The molecule has 21 heavy (non-hydrogen) atoms. The van der Waals surface area contributed by atoms with Crippen molar-refractivity contribution in [3.8, 4) is 0 Å². The van der Waals surface area contributed by atoms with Crippen LogP contribution in [0.4, 0.5) is 29.0 Å². The molecule has 7 heteroatoms. The van der Waals surface area contributed by atoms with E-state index in [1.54, 1.807) is 0 Å². The lowest BCUT2D eigenvalue weighted by Crippen LogP contribution is -2.12. The third-order valence-corrected chi connectivity index (χ3v) is 2.77. The van der Waals surface area contributed by atoms with Gasteiger partial charge in [-0.2, -0.15) is 5.12 Å². The largest absolute Gasteiger partial charge is 0.481 e. The fourth-order valence-corrected chi connectivity index (χ4v) is 1.81. The van der Waals surface area contributed by atoms with Gasteiger partial charge in [-0.15, -0.1) is 0 Å². The number of anilines is 2. The van der Waals surface area contributed by atoms with Crippen LogP contribution in [0.3, 0.4) is 0 Å². The molecule has 2 aromatic carbocycles. The first-order valence-electron chi connectivity index (χ1n) is 5.81. The summed E-state index contributed by atoms with van der Waals surface area (Å²) in [6.45, 7) is 0. The zero-order chi connectivity index (χ0) is 15.6. The average Bonchev–Trinajstić information content (AvgIpc) is 2.44. The molecule has 1 N–H and O–H groups in total. The first-order valence-corrected chi connectivity index (χ1v) is 5.81. The van der Waals surface area contributed by atoms with Gasteiger partial charge in [0.05, 0.1) is 12.1 Å². The molecule has 0 spiro atoms. The van der Waals surface area contributed by atoms with Crippen molar-refractivity contribution >= 4 is 17.3 Å². The molecule has 0 bridgehead atoms. The second kappa shape index (κ2) is 5.82. The van der Waals surface area contributed by atoms with E-state index in [0.717, 1.165) is 6.07 Å². The van der Waals surface area contributed by atoms with Crippen molar-refractivity contribution in [3.05, 3.63) is 59.4 Å². The second-order valence-electron chi connectivity index (χ2n) is 4.17. The van der Waals surface area contributed by atoms with Crippen LogP contribution < -0.4 is 5.12 Å². The summed E-state index contributed by atoms with van der Waals surface area (Å²) < 4.78 is 53.8. The van der Waals surface area contributed by atoms with E-state index in [-0.39, 0.29) is 16.4 Å². The summed E-state index contributed by atoms with van der Waals surface area (Å²) in [6.07, 6.45) is -0.498. The quantitative estimate of drug-likeness (QED) is 0.531. The fraction of sp³-hybridized carbons (Fsp3) is 0.0714. The van der Waals surface area contributed by atoms with Crippen LogP contribution in [0.5, 0.6) is 0 Å². The van der Waals surface area contributed by atoms with Crippen molar-refractivity contribution in [1.29, 1.82) is 0 Å². The number of carboxylic acids is 1. The molecule has 0 heterocycles. The van der Waals surface area contributed by atoms with Gasteiger partial charge in [0.1, 0.15) is 5.69 Å². The Labute approximate surface area is 117 Å². The van der Waals surface area contributed by atoms with Crippen LogP contribution >= 0.6 is 0 Å². The van der Waals surface area contributed by atoms with Crippen LogP contribution in [-0.4, -0.2) is 11.1 Å². The Morgan fingerprint density at radius 1 is 1.00 bits per heavy atom. The third kappa shape index (κ3) is 2.96. The number of halogens is 4. The Morgan fingerprint density at radius 2 is 1.67 bits per heavy atom. The number of carboxylic acid groups (broad SMARTS) is 1. The van der Waals surface area contributed by atoms with E-state index in [2.05, 4.69) is 0 Å². The summed E-state index contributed by atoms with van der Waals surface area (Å²) in [5, 5.41) is 8.54. The highest BCUT2D eigenvalue weighted by Gasteiger charge is 2.21. The molecule has 0 saturated carbocycles. The minimum absolute atomic E-state index is 0.0663. The first kappa shape index (κ1) is 14.8. The smallest absolute Gasteiger partial charge is 0.307 e. The Bertz CT molecular complexity index is 691. The van der Waals surface area contributed by atoms with Gasteiger partial charge in [0.2, 0.25) is 0 Å². The zero-order valence-corrected chi connectivity index (χ0v) is 10.5. The zero-order valence-electron chi connectivity index (χ0n) is 10.5. The van der Waals surface area contributed by atoms with Gasteiger partial charge in [-0.25, -0.2) is 13.2 Å². The van der Waals surface area contributed by atoms with Crippen LogP contribution in [0, 0.1) is 17.5 Å². The monoisotopic (exact) mass is 299 g/mol. The van der Waals surface area contributed by atoms with Crippen molar-refractivity contribution in [2.24, 2.45) is 0 Å². The fourth-order valence-electron chi connectivity index (χ4n) is 1.81. The summed E-state index contributed by atoms with van der Waals surface area (Å²) in [4.78, 5) is 10.7. The van der Waals surface area contributed by atoms with Crippen molar-refractivity contribution < 1.29 is 27.6 Å². The van der Waals surface area contributed by atoms with Gasteiger partial charge in [-0.1, -0.05) is 22.7 Å². The molecular formula is C14H9F4NO2. The second-order valence-corrected chi connectivity index (χ2v) is 4.17. The third-order valence-electron chi connectivity index (χ3n) is 2.77. The molecule has 2 rings (SSSR count). The Balaban J connectivity index is 2.48. The van der Waals surface area contributed by atoms with Crippen LogP contribution in [0.1, 0.15) is 5.56 Å². The maximum atomic E-state index is 14.3. The van der Waals surface area contributed by atoms with Gasteiger partial charge >= 0.3 is 5.97 Å². The van der Waals surface area contributed by atoms with Crippen molar-refractivity contribution in [2.75, 3.05) is 5.12 Å². The number of rotatable bonds is 4. The standard InChI is InChI=1S/C14H9F4NO2/c15-9-5-6-11(14(17)13(9)16)19(18)10-4-2-1-3-8(10)7-12(20)21/h1-6H,7H2,(H,20,21). The molecule has 0 amide bonds. The number of carbonyl (C=O) groups is 1. The van der Waals surface area contributed by atoms with Gasteiger partial charge in [0, 0.05) is 0 Å². The minimum Gasteiger partial charge on any atom is -0.481 e. The minimum atomic E-state index is -1.80. The SMILES string of the molecule is O=C(O)Cc1ccccc1N(F)c1ccc(F)c(F)c1F. The highest BCUT2D eigenvalue weighted by molar-refractivity contribution is 5.75. The lowest BCUT2D eigenvalue weighted by atomic mass is 10.1. The van der Waals surface area contributed by atoms with Gasteiger partial charge in [0.25, 0.3) is 0 Å². The molecule has 0 atom stereocenters. The molecule has 0 unspecified atom stereocenters. The van der Waals surface area contributed by atoms with E-state index in [9.17, 15) is 22.4 Å². The number of benzene rings is 2. The first-order chi connectivity index (χ1) is 9.91. The van der Waals surface area contributed by atoms with E-state index >= 15 is 0 Å². The summed E-state index contributed by atoms with van der Waals surface area (Å²) in [6, 6.07) is 6.75. The molecule has 0 fully saturated rings. The molecule has 0 radical (unpaired) electrons. The molecule has 0 saturated heterocycles. The molecular weight excluding hydrogens is 290 g/mol. The van der Waals surface area contributed by atoms with Crippen molar-refractivity contribution in [3.63, 3.8) is 0 Å². The number of hydrogen-bond acceptors (Lipinski definition) is 2. The van der Waals surface area contributed by atoms with Crippen LogP contribution in [0.2, 0.25) is 0 Å². The van der Waals surface area contributed by atoms with Gasteiger partial charge in [-0.05, 0) is 23.8 Å². The average molecular weight is 299 g/mol. The molecule has 0 aliphatic rings. The molecule has 0 aliphatic carbocycles. The van der Waals surface area contributed by atoms with E-state index < -0.39 is 35.5 Å². The molecule has 3 nitrogen and oxygen atoms in total. The number of nitrogens with zero attached hydrogens (tertiary/aromatic N) is 1. The molecule has 0 aromatic heterocycles. The summed E-state index contributed by atoms with van der Waals surface area (Å²) >= 11 is 0. The lowest BCUT2D eigenvalue weighted by Gasteiger charge is -2.17. The number of para-hydroxylation sites is 1. The number of hydrogen-bond donors (Lipinski definition) is 1. The summed E-state index contributed by atoms with van der Waals surface area (Å²) in [5.74, 6) is -6.14. The van der Waals surface area contributed by atoms with Gasteiger partial charge in [-0.3, -0.25) is 4.79 Å². The molecule has 110 valence electrons. The lowest BCUT2D eigenvalue weighted by molar-refractivity contribution is -0.136. The van der Waals surface area contributed by atoms with Crippen LogP contribution in [-0.2, 0) is 11.2 Å². The molecule has 0 aliphatic heterocycles. The van der Waals surface area contributed by atoms with Crippen molar-refractivity contribution in [2.45, 2.75) is 6.42 Å². The highest BCUT2D eigenvalue weighted by atomic mass is 19.2. The predicted molar refractivity (Wildman–Crippen MR) is 67.3 cm³/mol. The topological polar surface area (TPSA) is 40.5 Å². The highest BCUT2D eigenvalue weighted by Crippen LogP contribution is 2.32. The maximum absolute atomic E-state index is 14.3. The summed E-state index contributed by atoms with van der Waals surface area (Å²) in [5.41, 5.74) is -1.03. The van der Waals surface area contributed by atoms with Crippen LogP contribution in [0.25, 0.3) is 0 Å². The van der Waals surface area contributed by atoms with E-state index in [1.165, 1.54) is 24.3 Å². The Hall–Kier alpha value is -2.57. The van der Waals surface area contributed by atoms with Gasteiger partial charge in [0.15, 0.2) is 17.5 Å². The Kier molecular flexibility index (Phi) is 4.11.